The van der Waals surface area contributed by atoms with E-state index in [4.69, 9.17) is 36.9 Å². The van der Waals surface area contributed by atoms with Crippen molar-refractivity contribution in [2.45, 2.75) is 39.2 Å². The number of rotatable bonds is 6. The van der Waals surface area contributed by atoms with Crippen molar-refractivity contribution < 1.29 is 39.6 Å². The van der Waals surface area contributed by atoms with Gasteiger partial charge in [0.25, 0.3) is 0 Å². The number of hydrogen-bond donors (Lipinski definition) is 0. The van der Waals surface area contributed by atoms with Crippen molar-refractivity contribution in [3.63, 3.8) is 0 Å². The monoisotopic (exact) mass is 375 g/mol. The smallest absolute Gasteiger partial charge is 0.350 e. The number of esters is 1. The van der Waals surface area contributed by atoms with E-state index in [9.17, 15) is 9.59 Å². The van der Waals surface area contributed by atoms with E-state index >= 15 is 0 Å². The van der Waals surface area contributed by atoms with Crippen LogP contribution in [0.4, 0.5) is 0 Å². The molecule has 0 radical (unpaired) electrons. The van der Waals surface area contributed by atoms with Gasteiger partial charge in [-0.2, -0.15) is 0 Å². The molecular weight excluding hydrogens is 340 g/mol. The Morgan fingerprint density at radius 1 is 1.16 bits per heavy atom. The Labute approximate surface area is 173 Å². The van der Waals surface area contributed by atoms with Crippen LogP contribution < -0.4 is 4.74 Å². The summed E-state index contributed by atoms with van der Waals surface area (Å²) in [6.07, 6.45) is -2.95. The predicted octanol–water partition coefficient (Wildman–Crippen LogP) is 4.68. The van der Waals surface area contributed by atoms with Crippen LogP contribution in [-0.4, -0.2) is 23.4 Å². The maximum Gasteiger partial charge on any atom is 0.350 e. The van der Waals surface area contributed by atoms with Crippen LogP contribution in [0.15, 0.2) is 48.3 Å². The molecular formula is C20H21ClO4. The molecule has 0 heterocycles. The minimum atomic E-state index is -3.48. The molecule has 2 aromatic carbocycles. The molecule has 4 nitrogen and oxygen atoms in total. The van der Waals surface area contributed by atoms with Gasteiger partial charge in [0, 0.05) is 24.4 Å². The molecule has 5 heteroatoms. The average molecular weight is 376 g/mol. The Morgan fingerprint density at radius 2 is 1.72 bits per heavy atom. The second-order valence-electron chi connectivity index (χ2n) is 4.80. The summed E-state index contributed by atoms with van der Waals surface area (Å²) >= 11 is 5.73. The highest BCUT2D eigenvalue weighted by atomic mass is 35.5. The first-order valence-electron chi connectivity index (χ1n) is 14.2. The zero-order chi connectivity index (χ0) is 31.5. The molecule has 2 atom stereocenters. The minimum Gasteiger partial charge on any atom is -0.476 e. The van der Waals surface area contributed by atoms with E-state index < -0.39 is 107 Å². The number of ketones is 1. The average Bonchev–Trinajstić information content (AvgIpc) is 2.81. The fraction of sp³-hybridized carbons (Fsp3) is 0.300. The van der Waals surface area contributed by atoms with Crippen molar-refractivity contribution in [1.82, 2.24) is 0 Å². The van der Waals surface area contributed by atoms with E-state index in [0.29, 0.717) is 13.8 Å². The summed E-state index contributed by atoms with van der Waals surface area (Å²) < 4.78 is 127. The van der Waals surface area contributed by atoms with E-state index in [2.05, 4.69) is 4.74 Å². The Bertz CT molecular complexity index is 1340. The molecule has 0 amide bonds. The van der Waals surface area contributed by atoms with Crippen LogP contribution >= 0.6 is 11.6 Å². The minimum absolute atomic E-state index is 0.598. The summed E-state index contributed by atoms with van der Waals surface area (Å²) in [5.41, 5.74) is -5.11. The highest BCUT2D eigenvalue weighted by Crippen LogP contribution is 2.22. The Kier molecular flexibility index (Phi) is 2.19. The summed E-state index contributed by atoms with van der Waals surface area (Å²) in [5, 5.41) is -0.604. The SMILES string of the molecule is [2H]c1c([2H])c(C(=O)c2c([2H])c([2H])c(OC(C)(C(=O)OC([2H])(C)C([2H])([2H])[2H])C([2H])([2H])[2H])c([2H])c2[2H])c([2H])c([2H])c1Cl. The standard InChI is InChI=1S/C20H21ClO4/c1-13(2)24-19(23)20(3,4)25-17-11-7-15(8-12-17)18(22)14-5-9-16(21)10-6-14/h5-13H,1-4H3/i1D3,3D3,5D,6D,7D,8D,9D,10D,11D,12D,13D. The van der Waals surface area contributed by atoms with Crippen molar-refractivity contribution in [1.29, 1.82) is 0 Å². The van der Waals surface area contributed by atoms with Crippen LogP contribution in [0.5, 0.6) is 5.75 Å². The maximum atomic E-state index is 13.2. The fourth-order valence-corrected chi connectivity index (χ4v) is 1.58. The van der Waals surface area contributed by atoms with Crippen molar-refractivity contribution in [3.05, 3.63) is 64.5 Å². The first kappa shape index (κ1) is 7.12. The van der Waals surface area contributed by atoms with Gasteiger partial charge in [0.1, 0.15) is 5.75 Å². The molecule has 0 spiro atoms. The van der Waals surface area contributed by atoms with Gasteiger partial charge in [-0.1, -0.05) is 11.6 Å². The topological polar surface area (TPSA) is 52.6 Å². The van der Waals surface area contributed by atoms with Gasteiger partial charge >= 0.3 is 5.97 Å². The molecule has 2 rings (SSSR count). The summed E-state index contributed by atoms with van der Waals surface area (Å²) in [6, 6.07) is -8.10. The van der Waals surface area contributed by atoms with Crippen LogP contribution in [0.2, 0.25) is 5.02 Å². The lowest BCUT2D eigenvalue weighted by Gasteiger charge is -2.25. The molecule has 0 N–H and O–H groups in total. The number of ether oxygens (including phenoxy) is 2. The zero-order valence-corrected chi connectivity index (χ0v) is 13.8. The Balaban J connectivity index is 2.75. The van der Waals surface area contributed by atoms with Gasteiger partial charge in [-0.3, -0.25) is 4.79 Å². The highest BCUT2D eigenvalue weighted by Gasteiger charge is 2.32. The predicted molar refractivity (Wildman–Crippen MR) is 97.3 cm³/mol. The number of benzene rings is 2. The molecule has 0 aliphatic heterocycles. The van der Waals surface area contributed by atoms with E-state index in [-0.39, 0.29) is 0 Å². The zero-order valence-electron chi connectivity index (χ0n) is 28.0. The van der Waals surface area contributed by atoms with Crippen molar-refractivity contribution in [3.8, 4) is 5.75 Å². The van der Waals surface area contributed by atoms with E-state index in [1.165, 1.54) is 0 Å². The van der Waals surface area contributed by atoms with Gasteiger partial charge < -0.3 is 9.47 Å². The molecule has 0 aromatic heterocycles. The molecule has 0 fully saturated rings. The van der Waals surface area contributed by atoms with Crippen LogP contribution in [-0.2, 0) is 9.53 Å². The van der Waals surface area contributed by atoms with Crippen molar-refractivity contribution >= 4 is 23.4 Å². The van der Waals surface area contributed by atoms with E-state index in [0.717, 1.165) is 0 Å². The lowest BCUT2D eigenvalue weighted by Crippen LogP contribution is -2.40. The molecule has 25 heavy (non-hydrogen) atoms. The normalized spacial score (nSPS) is 25.2. The summed E-state index contributed by atoms with van der Waals surface area (Å²) in [6.45, 7) is -5.44. The maximum absolute atomic E-state index is 13.2. The summed E-state index contributed by atoms with van der Waals surface area (Å²) in [4.78, 5) is 26.1. The second-order valence-corrected chi connectivity index (χ2v) is 5.18. The van der Waals surface area contributed by atoms with Crippen LogP contribution in [0.25, 0.3) is 0 Å². The van der Waals surface area contributed by atoms with Crippen LogP contribution in [0, 0.1) is 0 Å². The van der Waals surface area contributed by atoms with Gasteiger partial charge in [-0.15, -0.1) is 0 Å². The first-order chi connectivity index (χ1) is 17.8. The summed E-state index contributed by atoms with van der Waals surface area (Å²) in [5.74, 6) is -4.50. The van der Waals surface area contributed by atoms with Gasteiger partial charge in [0.15, 0.2) is 11.4 Å². The van der Waals surface area contributed by atoms with Crippen LogP contribution in [0.1, 0.15) is 64.0 Å². The van der Waals surface area contributed by atoms with Crippen molar-refractivity contribution in [2.75, 3.05) is 0 Å². The van der Waals surface area contributed by atoms with Crippen molar-refractivity contribution in [2.24, 2.45) is 0 Å². The molecule has 0 saturated carbocycles. The van der Waals surface area contributed by atoms with Gasteiger partial charge in [0.2, 0.25) is 0 Å². The Morgan fingerprint density at radius 3 is 2.24 bits per heavy atom. The number of hydrogen-bond acceptors (Lipinski definition) is 4. The lowest BCUT2D eigenvalue weighted by molar-refractivity contribution is -0.163. The second kappa shape index (κ2) is 7.70. The summed E-state index contributed by atoms with van der Waals surface area (Å²) in [7, 11) is 0. The van der Waals surface area contributed by atoms with Crippen LogP contribution in [0.3, 0.4) is 0 Å². The quantitative estimate of drug-likeness (QED) is 0.543. The molecule has 0 bridgehead atoms. The molecule has 0 aliphatic carbocycles. The molecule has 0 aliphatic rings. The Hall–Kier alpha value is -2.33. The molecule has 132 valence electrons. The molecule has 2 unspecified atom stereocenters. The highest BCUT2D eigenvalue weighted by molar-refractivity contribution is 6.30. The largest absolute Gasteiger partial charge is 0.476 e. The number of carbonyl (C=O) groups excluding carboxylic acids is 2. The third kappa shape index (κ3) is 5.07. The van der Waals surface area contributed by atoms with E-state index in [1.807, 2.05) is 0 Å². The number of carbonyl (C=O) groups is 2. The lowest BCUT2D eigenvalue weighted by atomic mass is 10.0. The van der Waals surface area contributed by atoms with Gasteiger partial charge in [-0.05, 0) is 75.9 Å². The van der Waals surface area contributed by atoms with Gasteiger partial charge in [-0.25, -0.2) is 4.79 Å². The third-order valence-corrected chi connectivity index (χ3v) is 2.78. The molecule has 0 saturated heterocycles. The van der Waals surface area contributed by atoms with Gasteiger partial charge in [0.05, 0.1) is 18.4 Å². The first-order valence-corrected chi connectivity index (χ1v) is 7.04. The third-order valence-electron chi connectivity index (χ3n) is 2.59. The number of halogens is 1. The fourth-order valence-electron chi connectivity index (χ4n) is 1.48. The molecule has 2 aromatic rings. The van der Waals surface area contributed by atoms with E-state index in [1.54, 1.807) is 0 Å².